The monoisotopic (exact) mass is 200 g/mol. The van der Waals surface area contributed by atoms with E-state index in [0.29, 0.717) is 0 Å². The third-order valence-electron chi connectivity index (χ3n) is 2.14. The number of hydrogen-bond donors (Lipinski definition) is 0. The highest BCUT2D eigenvalue weighted by molar-refractivity contribution is 7.07. The quantitative estimate of drug-likeness (QED) is 0.602. The molecule has 14 heavy (non-hydrogen) atoms. The number of nitrogens with zero attached hydrogens (tertiary/aromatic N) is 1. The Balaban J connectivity index is 2.23. The zero-order valence-electron chi connectivity index (χ0n) is 7.23. The van der Waals surface area contributed by atoms with E-state index in [2.05, 4.69) is 16.6 Å². The molecule has 0 N–H and O–H groups in total. The fraction of sp³-hybridized carbons (Fsp3) is 0. The van der Waals surface area contributed by atoms with Crippen LogP contribution in [0.5, 0.6) is 0 Å². The first-order chi connectivity index (χ1) is 6.93. The largest absolute Gasteiger partial charge is 0.464 e. The van der Waals surface area contributed by atoms with Gasteiger partial charge in [-0.15, -0.1) is 11.3 Å². The lowest BCUT2D eigenvalue weighted by molar-refractivity contribution is 0.616. The van der Waals surface area contributed by atoms with Crippen LogP contribution in [0.25, 0.3) is 22.2 Å². The average Bonchev–Trinajstić information content (AvgIpc) is 2.88. The molecule has 0 aliphatic rings. The molecular weight excluding hydrogens is 194 g/mol. The Morgan fingerprint density at radius 2 is 2.29 bits per heavy atom. The van der Waals surface area contributed by atoms with E-state index in [4.69, 9.17) is 4.42 Å². The second-order valence-corrected chi connectivity index (χ2v) is 3.65. The molecule has 0 saturated carbocycles. The van der Waals surface area contributed by atoms with Gasteiger partial charge in [0.2, 0.25) is 0 Å². The molecule has 0 atom stereocenters. The van der Waals surface area contributed by atoms with Crippen molar-refractivity contribution in [2.75, 3.05) is 0 Å². The smallest absolute Gasteiger partial charge is 0.152 e. The number of hydrogen-bond acceptors (Lipinski definition) is 3. The third-order valence-corrected chi connectivity index (χ3v) is 2.68. The van der Waals surface area contributed by atoms with Crippen molar-refractivity contribution in [3.8, 4) is 11.3 Å². The van der Waals surface area contributed by atoms with Crippen molar-refractivity contribution in [1.82, 2.24) is 4.98 Å². The van der Waals surface area contributed by atoms with Gasteiger partial charge < -0.3 is 4.42 Å². The van der Waals surface area contributed by atoms with Crippen molar-refractivity contribution >= 4 is 22.3 Å². The molecule has 0 amide bonds. The average molecular weight is 200 g/mol. The summed E-state index contributed by atoms with van der Waals surface area (Å²) < 4.78 is 5.26. The summed E-state index contributed by atoms with van der Waals surface area (Å²) in [4.78, 5) is 4.14. The molecule has 1 aromatic carbocycles. The van der Waals surface area contributed by atoms with Crippen molar-refractivity contribution in [3.05, 3.63) is 41.4 Å². The molecule has 0 aliphatic carbocycles. The van der Waals surface area contributed by atoms with Crippen LogP contribution in [0.1, 0.15) is 0 Å². The van der Waals surface area contributed by atoms with Crippen molar-refractivity contribution < 1.29 is 4.42 Å². The molecule has 0 bridgehead atoms. The lowest BCUT2D eigenvalue weighted by Crippen LogP contribution is -1.75. The summed E-state index contributed by atoms with van der Waals surface area (Å²) in [5.41, 5.74) is 5.83. The van der Waals surface area contributed by atoms with Crippen LogP contribution in [0.4, 0.5) is 0 Å². The van der Waals surface area contributed by atoms with E-state index >= 15 is 0 Å². The molecule has 2 aromatic heterocycles. The number of rotatable bonds is 1. The van der Waals surface area contributed by atoms with Crippen LogP contribution in [0.2, 0.25) is 0 Å². The van der Waals surface area contributed by atoms with Crippen molar-refractivity contribution in [1.29, 1.82) is 0 Å². The van der Waals surface area contributed by atoms with Gasteiger partial charge in [0.1, 0.15) is 5.58 Å². The van der Waals surface area contributed by atoms with Crippen LogP contribution in [0.3, 0.4) is 0 Å². The van der Waals surface area contributed by atoms with Gasteiger partial charge in [-0.3, -0.25) is 0 Å². The van der Waals surface area contributed by atoms with Gasteiger partial charge in [0, 0.05) is 16.3 Å². The lowest BCUT2D eigenvalue weighted by Gasteiger charge is -1.95. The summed E-state index contributed by atoms with van der Waals surface area (Å²) in [7, 11) is 0. The number of fused-ring (bicyclic) bond motifs is 1. The maximum absolute atomic E-state index is 5.26. The summed E-state index contributed by atoms with van der Waals surface area (Å²) >= 11 is 1.48. The normalized spacial score (nSPS) is 10.9. The predicted molar refractivity (Wildman–Crippen MR) is 56.2 cm³/mol. The Bertz CT molecular complexity index is 553. The molecule has 0 saturated heterocycles. The highest BCUT2D eigenvalue weighted by Crippen LogP contribution is 2.24. The van der Waals surface area contributed by atoms with E-state index in [1.807, 2.05) is 23.6 Å². The van der Waals surface area contributed by atoms with Gasteiger partial charge in [-0.1, -0.05) is 0 Å². The van der Waals surface area contributed by atoms with Crippen LogP contribution < -0.4 is 0 Å². The molecule has 67 valence electrons. The van der Waals surface area contributed by atoms with Gasteiger partial charge in [-0.2, -0.15) is 0 Å². The molecule has 1 radical (unpaired) electrons. The van der Waals surface area contributed by atoms with Crippen molar-refractivity contribution in [2.24, 2.45) is 0 Å². The zero-order valence-corrected chi connectivity index (χ0v) is 8.04. The highest BCUT2D eigenvalue weighted by Gasteiger charge is 2.02. The molecule has 2 heterocycles. The maximum atomic E-state index is 5.26. The molecule has 0 unspecified atom stereocenters. The Hall–Kier alpha value is -1.61. The van der Waals surface area contributed by atoms with Crippen LogP contribution >= 0.6 is 11.3 Å². The van der Waals surface area contributed by atoms with Gasteiger partial charge >= 0.3 is 0 Å². The topological polar surface area (TPSA) is 26.0 Å². The van der Waals surface area contributed by atoms with Crippen LogP contribution in [0, 0.1) is 5.51 Å². The highest BCUT2D eigenvalue weighted by atomic mass is 32.1. The van der Waals surface area contributed by atoms with E-state index in [1.54, 1.807) is 6.26 Å². The fourth-order valence-corrected chi connectivity index (χ4v) is 1.95. The number of thiazole rings is 1. The first-order valence-corrected chi connectivity index (χ1v) is 5.11. The van der Waals surface area contributed by atoms with Crippen molar-refractivity contribution in [3.63, 3.8) is 0 Å². The molecule has 2 nitrogen and oxygen atoms in total. The Morgan fingerprint density at radius 3 is 3.14 bits per heavy atom. The maximum Gasteiger partial charge on any atom is 0.152 e. The minimum Gasteiger partial charge on any atom is -0.464 e. The Labute approximate surface area is 84.8 Å². The SMILES string of the molecule is [c]1nc(-c2ccc3occc3c2)cs1. The fourth-order valence-electron chi connectivity index (χ4n) is 1.44. The number of furan rings is 1. The van der Waals surface area contributed by atoms with Gasteiger partial charge in [0.15, 0.2) is 5.51 Å². The molecule has 0 fully saturated rings. The minimum atomic E-state index is 0.910. The Kier molecular flexibility index (Phi) is 1.64. The van der Waals surface area contributed by atoms with Gasteiger partial charge in [-0.25, -0.2) is 4.98 Å². The summed E-state index contributed by atoms with van der Waals surface area (Å²) in [6.07, 6.45) is 1.70. The molecule has 3 rings (SSSR count). The molecule has 3 aromatic rings. The predicted octanol–water partition coefficient (Wildman–Crippen LogP) is 3.36. The van der Waals surface area contributed by atoms with Crippen LogP contribution in [-0.2, 0) is 0 Å². The van der Waals surface area contributed by atoms with E-state index in [-0.39, 0.29) is 0 Å². The summed E-state index contributed by atoms with van der Waals surface area (Å²) in [5, 5.41) is 3.09. The first kappa shape index (κ1) is 7.76. The van der Waals surface area contributed by atoms with E-state index < -0.39 is 0 Å². The van der Waals surface area contributed by atoms with E-state index in [9.17, 15) is 0 Å². The second kappa shape index (κ2) is 2.96. The van der Waals surface area contributed by atoms with E-state index in [0.717, 1.165) is 22.2 Å². The lowest BCUT2D eigenvalue weighted by atomic mass is 10.1. The second-order valence-electron chi connectivity index (χ2n) is 3.00. The van der Waals surface area contributed by atoms with Crippen LogP contribution in [0.15, 0.2) is 40.3 Å². The van der Waals surface area contributed by atoms with Gasteiger partial charge in [0.05, 0.1) is 12.0 Å². The number of aromatic nitrogens is 1. The van der Waals surface area contributed by atoms with Crippen LogP contribution in [-0.4, -0.2) is 4.98 Å². The minimum absolute atomic E-state index is 0.910. The molecular formula is C11H6NOS. The third kappa shape index (κ3) is 1.14. The zero-order chi connectivity index (χ0) is 9.38. The molecule has 0 aliphatic heterocycles. The first-order valence-electron chi connectivity index (χ1n) is 4.23. The van der Waals surface area contributed by atoms with Gasteiger partial charge in [-0.05, 0) is 24.3 Å². The van der Waals surface area contributed by atoms with Crippen molar-refractivity contribution in [2.45, 2.75) is 0 Å². The molecule has 0 spiro atoms. The summed E-state index contributed by atoms with van der Waals surface area (Å²) in [5.74, 6) is 0. The summed E-state index contributed by atoms with van der Waals surface area (Å²) in [6.45, 7) is 0. The Morgan fingerprint density at radius 1 is 1.29 bits per heavy atom. The van der Waals surface area contributed by atoms with E-state index in [1.165, 1.54) is 11.3 Å². The van der Waals surface area contributed by atoms with Gasteiger partial charge in [0.25, 0.3) is 0 Å². The standard InChI is InChI=1S/C11H6NOS/c1-2-11-9(3-4-13-11)5-8(1)10-6-14-7-12-10/h1-6H. The molecule has 3 heteroatoms. The number of benzene rings is 1. The summed E-state index contributed by atoms with van der Waals surface area (Å²) in [6, 6.07) is 8.00.